The lowest BCUT2D eigenvalue weighted by atomic mass is 9.78. The van der Waals surface area contributed by atoms with Crippen LogP contribution in [0.15, 0.2) is 30.3 Å². The van der Waals surface area contributed by atoms with E-state index in [-0.39, 0.29) is 17.3 Å². The van der Waals surface area contributed by atoms with Crippen LogP contribution in [0, 0.1) is 6.92 Å². The van der Waals surface area contributed by atoms with E-state index in [2.05, 4.69) is 10.4 Å². The van der Waals surface area contributed by atoms with Gasteiger partial charge in [0.1, 0.15) is 5.41 Å². The van der Waals surface area contributed by atoms with Gasteiger partial charge < -0.3 is 10.4 Å². The molecule has 0 aliphatic rings. The van der Waals surface area contributed by atoms with Crippen LogP contribution in [0.5, 0.6) is 0 Å². The third-order valence-corrected chi connectivity index (χ3v) is 4.82. The van der Waals surface area contributed by atoms with Gasteiger partial charge >= 0.3 is 5.97 Å². The Hall–Kier alpha value is -2.34. The fourth-order valence-electron chi connectivity index (χ4n) is 2.58. The highest BCUT2D eigenvalue weighted by atomic mass is 35.5. The highest BCUT2D eigenvalue weighted by Crippen LogP contribution is 2.28. The molecule has 2 N–H and O–H groups in total. The van der Waals surface area contributed by atoms with Crippen molar-refractivity contribution in [3.63, 3.8) is 0 Å². The van der Waals surface area contributed by atoms with E-state index < -0.39 is 17.3 Å². The topological polar surface area (TPSA) is 84.2 Å². The average molecular weight is 350 g/mol. The number of halogens is 1. The highest BCUT2D eigenvalue weighted by Gasteiger charge is 2.39. The van der Waals surface area contributed by atoms with Crippen LogP contribution >= 0.6 is 11.6 Å². The second kappa shape index (κ2) is 7.05. The summed E-state index contributed by atoms with van der Waals surface area (Å²) in [7, 11) is 1.69. The standard InChI is InChI=1S/C17H20ClN3O3/c1-4-17(16(23)24,12-8-6-5-7-9-12)10-19-15(22)14-13(18)11(2)21(3)20-14/h5-9H,4,10H2,1-3H3,(H,19,22)(H,23,24). The average Bonchev–Trinajstić information content (AvgIpc) is 2.84. The summed E-state index contributed by atoms with van der Waals surface area (Å²) in [5.74, 6) is -1.47. The Morgan fingerprint density at radius 3 is 2.42 bits per heavy atom. The van der Waals surface area contributed by atoms with Crippen LogP contribution in [0.2, 0.25) is 5.02 Å². The molecule has 1 amide bonds. The minimum atomic E-state index is -1.20. The van der Waals surface area contributed by atoms with Crippen molar-refractivity contribution in [3.05, 3.63) is 52.3 Å². The van der Waals surface area contributed by atoms with Crippen LogP contribution in [-0.2, 0) is 17.3 Å². The molecule has 24 heavy (non-hydrogen) atoms. The lowest BCUT2D eigenvalue weighted by Crippen LogP contribution is -2.46. The summed E-state index contributed by atoms with van der Waals surface area (Å²) in [5, 5.41) is 16.8. The first-order valence-corrected chi connectivity index (χ1v) is 7.97. The van der Waals surface area contributed by atoms with Gasteiger partial charge in [-0.3, -0.25) is 14.3 Å². The number of carboxylic acid groups (broad SMARTS) is 1. The highest BCUT2D eigenvalue weighted by molar-refractivity contribution is 6.34. The third-order valence-electron chi connectivity index (χ3n) is 4.37. The van der Waals surface area contributed by atoms with Gasteiger partial charge in [-0.15, -0.1) is 0 Å². The second-order valence-electron chi connectivity index (χ2n) is 5.66. The van der Waals surface area contributed by atoms with Crippen LogP contribution < -0.4 is 5.32 Å². The lowest BCUT2D eigenvalue weighted by Gasteiger charge is -2.28. The maximum Gasteiger partial charge on any atom is 0.315 e. The van der Waals surface area contributed by atoms with Gasteiger partial charge in [-0.1, -0.05) is 48.9 Å². The molecular weight excluding hydrogens is 330 g/mol. The predicted octanol–water partition coefficient (Wildman–Crippen LogP) is 2.54. The number of nitrogens with zero attached hydrogens (tertiary/aromatic N) is 2. The van der Waals surface area contributed by atoms with Gasteiger partial charge in [-0.25, -0.2) is 0 Å². The SMILES string of the molecule is CCC(CNC(=O)c1nn(C)c(C)c1Cl)(C(=O)O)c1ccccc1. The maximum absolute atomic E-state index is 12.4. The monoisotopic (exact) mass is 349 g/mol. The van der Waals surface area contributed by atoms with Crippen molar-refractivity contribution in [1.29, 1.82) is 0 Å². The summed E-state index contributed by atoms with van der Waals surface area (Å²) in [4.78, 5) is 24.3. The molecule has 7 heteroatoms. The molecule has 0 saturated heterocycles. The molecule has 1 aromatic heterocycles. The van der Waals surface area contributed by atoms with Crippen molar-refractivity contribution in [1.82, 2.24) is 15.1 Å². The third kappa shape index (κ3) is 3.14. The molecule has 128 valence electrons. The fraction of sp³-hybridized carbons (Fsp3) is 0.353. The van der Waals surface area contributed by atoms with E-state index in [1.807, 2.05) is 6.07 Å². The molecule has 1 aromatic carbocycles. The minimum Gasteiger partial charge on any atom is -0.481 e. The van der Waals surface area contributed by atoms with Gasteiger partial charge in [-0.2, -0.15) is 5.10 Å². The Bertz CT molecular complexity index is 758. The summed E-state index contributed by atoms with van der Waals surface area (Å²) in [6.07, 6.45) is 0.335. The van der Waals surface area contributed by atoms with Crippen molar-refractivity contribution < 1.29 is 14.7 Å². The zero-order valence-electron chi connectivity index (χ0n) is 13.8. The number of carbonyl (C=O) groups excluding carboxylic acids is 1. The smallest absolute Gasteiger partial charge is 0.315 e. The Labute approximate surface area is 145 Å². The van der Waals surface area contributed by atoms with Gasteiger partial charge in [0.05, 0.1) is 10.7 Å². The number of benzene rings is 1. The minimum absolute atomic E-state index is 0.0480. The van der Waals surface area contributed by atoms with Crippen molar-refractivity contribution in [2.45, 2.75) is 25.7 Å². The summed E-state index contributed by atoms with van der Waals surface area (Å²) in [6, 6.07) is 8.89. The first-order chi connectivity index (χ1) is 11.3. The summed E-state index contributed by atoms with van der Waals surface area (Å²) < 4.78 is 1.51. The fourth-order valence-corrected chi connectivity index (χ4v) is 2.83. The van der Waals surface area contributed by atoms with Crippen LogP contribution in [0.25, 0.3) is 0 Å². The zero-order valence-corrected chi connectivity index (χ0v) is 14.6. The first kappa shape index (κ1) is 18.0. The van der Waals surface area contributed by atoms with Crippen LogP contribution in [0.3, 0.4) is 0 Å². The number of aromatic nitrogens is 2. The molecule has 0 aliphatic carbocycles. The van der Waals surface area contributed by atoms with Crippen LogP contribution in [0.1, 0.15) is 35.1 Å². The molecule has 0 saturated carbocycles. The number of rotatable bonds is 6. The number of hydrogen-bond acceptors (Lipinski definition) is 3. The van der Waals surface area contributed by atoms with Gasteiger partial charge in [0.2, 0.25) is 0 Å². The van der Waals surface area contributed by atoms with Crippen LogP contribution in [-0.4, -0.2) is 33.3 Å². The molecule has 2 rings (SSSR count). The maximum atomic E-state index is 12.4. The molecule has 1 heterocycles. The lowest BCUT2D eigenvalue weighted by molar-refractivity contribution is -0.143. The van der Waals surface area contributed by atoms with Gasteiger partial charge in [0.15, 0.2) is 5.69 Å². The largest absolute Gasteiger partial charge is 0.481 e. The van der Waals surface area contributed by atoms with Crippen molar-refractivity contribution in [2.75, 3.05) is 6.54 Å². The predicted molar refractivity (Wildman–Crippen MR) is 91.3 cm³/mol. The molecule has 1 atom stereocenters. The number of amides is 1. The van der Waals surface area contributed by atoms with E-state index in [4.69, 9.17) is 11.6 Å². The zero-order chi connectivity index (χ0) is 17.9. The number of hydrogen-bond donors (Lipinski definition) is 2. The second-order valence-corrected chi connectivity index (χ2v) is 6.04. The Balaban J connectivity index is 2.27. The van der Waals surface area contributed by atoms with Gasteiger partial charge in [-0.05, 0) is 18.9 Å². The van der Waals surface area contributed by atoms with E-state index in [0.29, 0.717) is 17.7 Å². The number of aryl methyl sites for hydroxylation is 1. The van der Waals surface area contributed by atoms with E-state index in [1.165, 1.54) is 4.68 Å². The van der Waals surface area contributed by atoms with E-state index in [0.717, 1.165) is 0 Å². The van der Waals surface area contributed by atoms with Crippen molar-refractivity contribution >= 4 is 23.5 Å². The van der Waals surface area contributed by atoms with Gasteiger partial charge in [0, 0.05) is 13.6 Å². The first-order valence-electron chi connectivity index (χ1n) is 7.59. The molecule has 2 aromatic rings. The number of carbonyl (C=O) groups is 2. The molecule has 0 radical (unpaired) electrons. The molecule has 0 spiro atoms. The molecule has 1 unspecified atom stereocenters. The molecule has 0 aliphatic heterocycles. The molecule has 0 bridgehead atoms. The normalized spacial score (nSPS) is 13.3. The Kier molecular flexibility index (Phi) is 5.29. The van der Waals surface area contributed by atoms with Crippen molar-refractivity contribution in [3.8, 4) is 0 Å². The Morgan fingerprint density at radius 1 is 1.33 bits per heavy atom. The summed E-state index contributed by atoms with van der Waals surface area (Å²) in [6.45, 7) is 3.49. The van der Waals surface area contributed by atoms with Gasteiger partial charge in [0.25, 0.3) is 5.91 Å². The molecule has 6 nitrogen and oxygen atoms in total. The quantitative estimate of drug-likeness (QED) is 0.839. The molecule has 0 fully saturated rings. The van der Waals surface area contributed by atoms with Crippen LogP contribution in [0.4, 0.5) is 0 Å². The number of nitrogens with one attached hydrogen (secondary N) is 1. The summed E-state index contributed by atoms with van der Waals surface area (Å²) in [5.41, 5.74) is 0.210. The summed E-state index contributed by atoms with van der Waals surface area (Å²) >= 11 is 6.11. The van der Waals surface area contributed by atoms with E-state index >= 15 is 0 Å². The van der Waals surface area contributed by atoms with E-state index in [1.54, 1.807) is 45.2 Å². The molecular formula is C17H20ClN3O3. The van der Waals surface area contributed by atoms with Crippen molar-refractivity contribution in [2.24, 2.45) is 7.05 Å². The number of carboxylic acids is 1. The number of aliphatic carboxylic acids is 1. The Morgan fingerprint density at radius 2 is 1.96 bits per heavy atom. The van der Waals surface area contributed by atoms with E-state index in [9.17, 15) is 14.7 Å².